The molecule has 0 spiro atoms. The lowest BCUT2D eigenvalue weighted by Gasteiger charge is -2.11. The van der Waals surface area contributed by atoms with Gasteiger partial charge in [0, 0.05) is 9.13 Å². The average Bonchev–Trinajstić information content (AvgIpc) is 2.42. The van der Waals surface area contributed by atoms with Crippen LogP contribution in [0.25, 0.3) is 0 Å². The van der Waals surface area contributed by atoms with E-state index in [1.807, 2.05) is 31.2 Å². The van der Waals surface area contributed by atoms with Gasteiger partial charge in [0.2, 0.25) is 0 Å². The van der Waals surface area contributed by atoms with Gasteiger partial charge in [0.25, 0.3) is 5.91 Å². The largest absolute Gasteiger partial charge is 0.389 e. The molecule has 0 aromatic heterocycles. The summed E-state index contributed by atoms with van der Waals surface area (Å²) in [5.41, 5.74) is 8.67. The summed E-state index contributed by atoms with van der Waals surface area (Å²) in [6.07, 6.45) is 0. The Labute approximate surface area is 136 Å². The molecule has 3 nitrogen and oxygen atoms in total. The summed E-state index contributed by atoms with van der Waals surface area (Å²) in [5.74, 6) is -0.165. The van der Waals surface area contributed by atoms with Gasteiger partial charge < -0.3 is 11.1 Å². The summed E-state index contributed by atoms with van der Waals surface area (Å²) in [4.78, 5) is 12.6. The number of benzene rings is 2. The van der Waals surface area contributed by atoms with E-state index in [1.165, 1.54) is 0 Å². The van der Waals surface area contributed by atoms with Gasteiger partial charge in [-0.1, -0.05) is 36.5 Å². The summed E-state index contributed by atoms with van der Waals surface area (Å²) in [5, 5.41) is 2.86. The zero-order valence-corrected chi connectivity index (χ0v) is 13.8. The van der Waals surface area contributed by atoms with Crippen LogP contribution in [0, 0.1) is 10.5 Å². The molecule has 0 unspecified atom stereocenters. The molecule has 0 saturated carbocycles. The molecule has 0 saturated heterocycles. The maximum absolute atomic E-state index is 12.4. The van der Waals surface area contributed by atoms with Crippen molar-refractivity contribution in [2.24, 2.45) is 5.73 Å². The van der Waals surface area contributed by atoms with Gasteiger partial charge in [-0.25, -0.2) is 0 Å². The minimum atomic E-state index is -0.165. The molecule has 20 heavy (non-hydrogen) atoms. The van der Waals surface area contributed by atoms with Gasteiger partial charge >= 0.3 is 0 Å². The first-order valence-corrected chi connectivity index (χ1v) is 7.44. The predicted molar refractivity (Wildman–Crippen MR) is 94.2 cm³/mol. The van der Waals surface area contributed by atoms with Crippen LogP contribution in [-0.4, -0.2) is 10.9 Å². The monoisotopic (exact) mass is 396 g/mol. The van der Waals surface area contributed by atoms with Gasteiger partial charge in [0.05, 0.1) is 11.3 Å². The maximum atomic E-state index is 12.4. The van der Waals surface area contributed by atoms with E-state index in [2.05, 4.69) is 27.9 Å². The third-order valence-electron chi connectivity index (χ3n) is 2.88. The number of carbonyl (C=O) groups excluding carboxylic acids is 1. The molecule has 102 valence electrons. The van der Waals surface area contributed by atoms with Crippen LogP contribution >= 0.6 is 34.8 Å². The van der Waals surface area contributed by atoms with Crippen LogP contribution < -0.4 is 11.1 Å². The topological polar surface area (TPSA) is 55.1 Å². The molecule has 0 aliphatic heterocycles. The summed E-state index contributed by atoms with van der Waals surface area (Å²) in [6, 6.07) is 12.9. The van der Waals surface area contributed by atoms with Crippen molar-refractivity contribution in [3.05, 3.63) is 62.7 Å². The van der Waals surface area contributed by atoms with Gasteiger partial charge in [0.1, 0.15) is 4.99 Å². The second-order valence-corrected chi connectivity index (χ2v) is 5.82. The Morgan fingerprint density at radius 1 is 1.15 bits per heavy atom. The van der Waals surface area contributed by atoms with Crippen molar-refractivity contribution in [2.45, 2.75) is 6.92 Å². The molecule has 0 aliphatic rings. The number of nitrogens with one attached hydrogen (secondary N) is 1. The smallest absolute Gasteiger partial charge is 0.256 e. The fourth-order valence-corrected chi connectivity index (χ4v) is 2.60. The Bertz CT molecular complexity index is 685. The minimum absolute atomic E-state index is 0.165. The fourth-order valence-electron chi connectivity index (χ4n) is 1.82. The Morgan fingerprint density at radius 3 is 2.50 bits per heavy atom. The number of hydrogen-bond acceptors (Lipinski definition) is 2. The third kappa shape index (κ3) is 3.16. The quantitative estimate of drug-likeness (QED) is 0.617. The second-order valence-electron chi connectivity index (χ2n) is 4.30. The van der Waals surface area contributed by atoms with Crippen molar-refractivity contribution in [1.29, 1.82) is 0 Å². The van der Waals surface area contributed by atoms with Crippen molar-refractivity contribution in [3.63, 3.8) is 0 Å². The number of amides is 1. The van der Waals surface area contributed by atoms with Gasteiger partial charge in [-0.15, -0.1) is 0 Å². The number of aryl methyl sites for hydroxylation is 1. The van der Waals surface area contributed by atoms with E-state index in [0.29, 0.717) is 16.8 Å². The SMILES string of the molecule is Cc1cccc(C(=O)Nc2ccccc2C(N)=S)c1I. The van der Waals surface area contributed by atoms with E-state index in [-0.39, 0.29) is 10.9 Å². The molecule has 1 amide bonds. The molecule has 2 rings (SSSR count). The summed E-state index contributed by atoms with van der Waals surface area (Å²) < 4.78 is 0.940. The Balaban J connectivity index is 2.33. The molecule has 0 heterocycles. The first-order valence-electron chi connectivity index (χ1n) is 5.96. The highest BCUT2D eigenvalue weighted by Crippen LogP contribution is 2.20. The number of rotatable bonds is 3. The van der Waals surface area contributed by atoms with Crippen molar-refractivity contribution in [2.75, 3.05) is 5.32 Å². The predicted octanol–water partition coefficient (Wildman–Crippen LogP) is 3.49. The zero-order chi connectivity index (χ0) is 14.7. The normalized spacial score (nSPS) is 10.1. The molecule has 3 N–H and O–H groups in total. The minimum Gasteiger partial charge on any atom is -0.389 e. The number of carbonyl (C=O) groups is 1. The van der Waals surface area contributed by atoms with Crippen LogP contribution in [0.1, 0.15) is 21.5 Å². The van der Waals surface area contributed by atoms with E-state index in [1.54, 1.807) is 18.2 Å². The summed E-state index contributed by atoms with van der Waals surface area (Å²) in [7, 11) is 0. The van der Waals surface area contributed by atoms with Crippen LogP contribution in [0.15, 0.2) is 42.5 Å². The Hall–Kier alpha value is -1.47. The number of nitrogens with two attached hydrogens (primary N) is 1. The Morgan fingerprint density at radius 2 is 1.80 bits per heavy atom. The molecule has 5 heteroatoms. The lowest BCUT2D eigenvalue weighted by atomic mass is 10.1. The van der Waals surface area contributed by atoms with Crippen LogP contribution in [-0.2, 0) is 0 Å². The van der Waals surface area contributed by atoms with E-state index in [0.717, 1.165) is 9.13 Å². The van der Waals surface area contributed by atoms with Crippen LogP contribution in [0.4, 0.5) is 5.69 Å². The standard InChI is InChI=1S/C15H13IN2OS/c1-9-5-4-7-11(13(9)16)15(19)18-12-8-3-2-6-10(12)14(17)20/h2-8H,1H3,(H2,17,20)(H,18,19). The number of para-hydroxylation sites is 1. The van der Waals surface area contributed by atoms with Crippen molar-refractivity contribution < 1.29 is 4.79 Å². The van der Waals surface area contributed by atoms with Gasteiger partial charge in [-0.05, 0) is 53.3 Å². The number of hydrogen-bond donors (Lipinski definition) is 2. The molecule has 0 fully saturated rings. The van der Waals surface area contributed by atoms with Crippen LogP contribution in [0.2, 0.25) is 0 Å². The fraction of sp³-hybridized carbons (Fsp3) is 0.0667. The first-order chi connectivity index (χ1) is 9.50. The molecule has 2 aromatic rings. The highest BCUT2D eigenvalue weighted by Gasteiger charge is 2.13. The third-order valence-corrected chi connectivity index (χ3v) is 4.53. The molecule has 0 atom stereocenters. The van der Waals surface area contributed by atoms with E-state index >= 15 is 0 Å². The molecule has 2 aromatic carbocycles. The molecular formula is C15H13IN2OS. The van der Waals surface area contributed by atoms with Gasteiger partial charge in [-0.2, -0.15) is 0 Å². The lowest BCUT2D eigenvalue weighted by molar-refractivity contribution is 0.102. The molecule has 0 bridgehead atoms. The van der Waals surface area contributed by atoms with Crippen LogP contribution in [0.5, 0.6) is 0 Å². The van der Waals surface area contributed by atoms with E-state index < -0.39 is 0 Å². The summed E-state index contributed by atoms with van der Waals surface area (Å²) in [6.45, 7) is 1.97. The van der Waals surface area contributed by atoms with Crippen molar-refractivity contribution in [1.82, 2.24) is 0 Å². The van der Waals surface area contributed by atoms with Crippen molar-refractivity contribution in [3.8, 4) is 0 Å². The molecular weight excluding hydrogens is 383 g/mol. The number of thiocarbonyl (C=S) groups is 1. The van der Waals surface area contributed by atoms with Crippen molar-refractivity contribution >= 4 is 51.4 Å². The lowest BCUT2D eigenvalue weighted by Crippen LogP contribution is -2.18. The van der Waals surface area contributed by atoms with Crippen LogP contribution in [0.3, 0.4) is 0 Å². The zero-order valence-electron chi connectivity index (χ0n) is 10.8. The first kappa shape index (κ1) is 14.9. The summed E-state index contributed by atoms with van der Waals surface area (Å²) >= 11 is 7.16. The number of halogens is 1. The van der Waals surface area contributed by atoms with Gasteiger partial charge in [-0.3, -0.25) is 4.79 Å². The molecule has 0 radical (unpaired) electrons. The maximum Gasteiger partial charge on any atom is 0.256 e. The number of anilines is 1. The van der Waals surface area contributed by atoms with Gasteiger partial charge in [0.15, 0.2) is 0 Å². The second kappa shape index (κ2) is 6.32. The van der Waals surface area contributed by atoms with E-state index in [9.17, 15) is 4.79 Å². The highest BCUT2D eigenvalue weighted by molar-refractivity contribution is 14.1. The molecule has 0 aliphatic carbocycles. The Kier molecular flexibility index (Phi) is 4.72. The highest BCUT2D eigenvalue weighted by atomic mass is 127. The average molecular weight is 396 g/mol. The van der Waals surface area contributed by atoms with E-state index in [4.69, 9.17) is 18.0 Å².